The molecule has 0 radical (unpaired) electrons. The van der Waals surface area contributed by atoms with Gasteiger partial charge in [0.2, 0.25) is 0 Å². The van der Waals surface area contributed by atoms with Crippen molar-refractivity contribution in [2.24, 2.45) is 17.8 Å². The van der Waals surface area contributed by atoms with Crippen LogP contribution in [0, 0.1) is 31.6 Å². The maximum Gasteiger partial charge on any atom is 0.308 e. The molecular formula is C16H23N3O3. The van der Waals surface area contributed by atoms with Crippen LogP contribution >= 0.6 is 0 Å². The molecule has 0 bridgehead atoms. The standard InChI is InChI=1S/C16H23N3O3/c1-4-19-10(3)14(9(2)17-19)15(20)18-7-12(11-5-6-11)13(8-18)16(21)22/h11-13H,4-8H2,1-3H3,(H,21,22)/t12-,13+/m1/s1. The van der Waals surface area contributed by atoms with Crippen LogP contribution < -0.4 is 0 Å². The zero-order valence-electron chi connectivity index (χ0n) is 13.4. The summed E-state index contributed by atoms with van der Waals surface area (Å²) in [6, 6.07) is 0. The van der Waals surface area contributed by atoms with Gasteiger partial charge >= 0.3 is 5.97 Å². The summed E-state index contributed by atoms with van der Waals surface area (Å²) in [6.45, 7) is 7.35. The molecule has 2 fully saturated rings. The van der Waals surface area contributed by atoms with Crippen molar-refractivity contribution in [3.63, 3.8) is 0 Å². The molecular weight excluding hydrogens is 282 g/mol. The number of aliphatic carboxylic acids is 1. The fourth-order valence-corrected chi connectivity index (χ4v) is 3.73. The van der Waals surface area contributed by atoms with Crippen LogP contribution in [-0.2, 0) is 11.3 Å². The Hall–Kier alpha value is -1.85. The summed E-state index contributed by atoms with van der Waals surface area (Å²) in [6.07, 6.45) is 2.20. The Balaban J connectivity index is 1.84. The molecule has 3 rings (SSSR count). The second kappa shape index (κ2) is 5.41. The Morgan fingerprint density at radius 3 is 2.45 bits per heavy atom. The molecule has 6 heteroatoms. The predicted molar refractivity (Wildman–Crippen MR) is 80.6 cm³/mol. The lowest BCUT2D eigenvalue weighted by Crippen LogP contribution is -2.30. The SMILES string of the molecule is CCn1nc(C)c(C(=O)N2C[C@H](C(=O)O)[C@@H](C3CC3)C2)c1C. The van der Waals surface area contributed by atoms with E-state index in [1.807, 2.05) is 25.5 Å². The van der Waals surface area contributed by atoms with E-state index in [0.29, 0.717) is 24.6 Å². The second-order valence-electron chi connectivity index (χ2n) is 6.52. The number of nitrogens with zero attached hydrogens (tertiary/aromatic N) is 3. The summed E-state index contributed by atoms with van der Waals surface area (Å²) in [5.41, 5.74) is 2.24. The van der Waals surface area contributed by atoms with E-state index in [-0.39, 0.29) is 11.8 Å². The van der Waals surface area contributed by atoms with Crippen LogP contribution in [0.1, 0.15) is 41.5 Å². The van der Waals surface area contributed by atoms with Gasteiger partial charge in [-0.05, 0) is 45.4 Å². The highest BCUT2D eigenvalue weighted by atomic mass is 16.4. The number of hydrogen-bond donors (Lipinski definition) is 1. The molecule has 1 aromatic rings. The molecule has 1 saturated heterocycles. The maximum atomic E-state index is 12.9. The van der Waals surface area contributed by atoms with Crippen LogP contribution in [0.5, 0.6) is 0 Å². The van der Waals surface area contributed by atoms with Crippen LogP contribution in [-0.4, -0.2) is 44.8 Å². The first kappa shape index (κ1) is 15.1. The molecule has 2 aliphatic rings. The van der Waals surface area contributed by atoms with Gasteiger partial charge in [-0.2, -0.15) is 5.10 Å². The number of carbonyl (C=O) groups excluding carboxylic acids is 1. The van der Waals surface area contributed by atoms with Gasteiger partial charge in [-0.1, -0.05) is 0 Å². The Kier molecular flexibility index (Phi) is 3.70. The normalized spacial score (nSPS) is 24.8. The zero-order chi connectivity index (χ0) is 16.0. The first-order valence-electron chi connectivity index (χ1n) is 8.00. The number of aryl methyl sites for hydroxylation is 2. The van der Waals surface area contributed by atoms with Gasteiger partial charge < -0.3 is 10.0 Å². The highest BCUT2D eigenvalue weighted by molar-refractivity contribution is 5.97. The smallest absolute Gasteiger partial charge is 0.308 e. The molecule has 6 nitrogen and oxygen atoms in total. The first-order chi connectivity index (χ1) is 10.4. The predicted octanol–water partition coefficient (Wildman–Crippen LogP) is 1.70. The van der Waals surface area contributed by atoms with E-state index in [0.717, 1.165) is 30.8 Å². The zero-order valence-corrected chi connectivity index (χ0v) is 13.4. The molecule has 1 N–H and O–H groups in total. The maximum absolute atomic E-state index is 12.9. The average molecular weight is 305 g/mol. The summed E-state index contributed by atoms with van der Waals surface area (Å²) in [7, 11) is 0. The molecule has 2 atom stereocenters. The van der Waals surface area contributed by atoms with Crippen molar-refractivity contribution in [1.29, 1.82) is 0 Å². The summed E-state index contributed by atoms with van der Waals surface area (Å²) < 4.78 is 1.83. The van der Waals surface area contributed by atoms with E-state index < -0.39 is 11.9 Å². The monoisotopic (exact) mass is 305 g/mol. The van der Waals surface area contributed by atoms with Crippen LogP contribution in [0.3, 0.4) is 0 Å². The van der Waals surface area contributed by atoms with E-state index in [9.17, 15) is 14.7 Å². The Morgan fingerprint density at radius 2 is 1.95 bits per heavy atom. The lowest BCUT2D eigenvalue weighted by atomic mass is 9.92. The molecule has 0 spiro atoms. The van der Waals surface area contributed by atoms with Crippen LogP contribution in [0.2, 0.25) is 0 Å². The van der Waals surface area contributed by atoms with Gasteiger partial charge in [0.05, 0.1) is 17.2 Å². The number of hydrogen-bond acceptors (Lipinski definition) is 3. The minimum Gasteiger partial charge on any atom is -0.481 e. The Morgan fingerprint density at radius 1 is 1.27 bits per heavy atom. The fourth-order valence-electron chi connectivity index (χ4n) is 3.73. The lowest BCUT2D eigenvalue weighted by Gasteiger charge is -2.16. The molecule has 2 heterocycles. The number of carbonyl (C=O) groups is 2. The van der Waals surface area contributed by atoms with Gasteiger partial charge in [-0.25, -0.2) is 0 Å². The van der Waals surface area contributed by atoms with Crippen LogP contribution in [0.4, 0.5) is 0 Å². The van der Waals surface area contributed by atoms with Crippen molar-refractivity contribution in [2.75, 3.05) is 13.1 Å². The van der Waals surface area contributed by atoms with Gasteiger partial charge in [-0.3, -0.25) is 14.3 Å². The minimum atomic E-state index is -0.773. The molecule has 1 aromatic heterocycles. The fraction of sp³-hybridized carbons (Fsp3) is 0.688. The summed E-state index contributed by atoms with van der Waals surface area (Å²) in [4.78, 5) is 26.1. The molecule has 1 aliphatic heterocycles. The average Bonchev–Trinajstić information content (AvgIpc) is 3.14. The molecule has 1 saturated carbocycles. The number of amides is 1. The van der Waals surface area contributed by atoms with E-state index in [1.54, 1.807) is 4.90 Å². The third kappa shape index (κ3) is 2.40. The molecule has 0 aromatic carbocycles. The molecule has 0 unspecified atom stereocenters. The minimum absolute atomic E-state index is 0.0656. The van der Waals surface area contributed by atoms with Crippen LogP contribution in [0.25, 0.3) is 0 Å². The van der Waals surface area contributed by atoms with E-state index >= 15 is 0 Å². The van der Waals surface area contributed by atoms with E-state index in [2.05, 4.69) is 5.10 Å². The van der Waals surface area contributed by atoms with Crippen molar-refractivity contribution < 1.29 is 14.7 Å². The number of carboxylic acid groups (broad SMARTS) is 1. The molecule has 1 amide bonds. The third-order valence-corrected chi connectivity index (χ3v) is 5.09. The van der Waals surface area contributed by atoms with Crippen molar-refractivity contribution >= 4 is 11.9 Å². The van der Waals surface area contributed by atoms with Gasteiger partial charge in [-0.15, -0.1) is 0 Å². The number of rotatable bonds is 4. The van der Waals surface area contributed by atoms with Gasteiger partial charge in [0.15, 0.2) is 0 Å². The second-order valence-corrected chi connectivity index (χ2v) is 6.52. The van der Waals surface area contributed by atoms with Gasteiger partial charge in [0, 0.05) is 25.3 Å². The Labute approximate surface area is 130 Å². The van der Waals surface area contributed by atoms with E-state index in [1.165, 1.54) is 0 Å². The highest BCUT2D eigenvalue weighted by Gasteiger charge is 2.47. The van der Waals surface area contributed by atoms with E-state index in [4.69, 9.17) is 0 Å². The van der Waals surface area contributed by atoms with Crippen LogP contribution in [0.15, 0.2) is 0 Å². The van der Waals surface area contributed by atoms with Gasteiger partial charge in [0.25, 0.3) is 5.91 Å². The van der Waals surface area contributed by atoms with Crippen molar-refractivity contribution in [1.82, 2.24) is 14.7 Å². The lowest BCUT2D eigenvalue weighted by molar-refractivity contribution is -0.142. The topological polar surface area (TPSA) is 75.4 Å². The van der Waals surface area contributed by atoms with Crippen molar-refractivity contribution in [3.8, 4) is 0 Å². The summed E-state index contributed by atoms with van der Waals surface area (Å²) in [5, 5.41) is 13.8. The van der Waals surface area contributed by atoms with Crippen molar-refractivity contribution in [3.05, 3.63) is 17.0 Å². The number of carboxylic acids is 1. The molecule has 120 valence electrons. The number of aromatic nitrogens is 2. The third-order valence-electron chi connectivity index (χ3n) is 5.09. The first-order valence-corrected chi connectivity index (χ1v) is 8.00. The quantitative estimate of drug-likeness (QED) is 0.918. The van der Waals surface area contributed by atoms with Gasteiger partial charge in [0.1, 0.15) is 0 Å². The largest absolute Gasteiger partial charge is 0.481 e. The molecule has 22 heavy (non-hydrogen) atoms. The summed E-state index contributed by atoms with van der Waals surface area (Å²) in [5.74, 6) is -0.657. The highest BCUT2D eigenvalue weighted by Crippen LogP contribution is 2.44. The van der Waals surface area contributed by atoms with Crippen molar-refractivity contribution in [2.45, 2.75) is 40.2 Å². The summed E-state index contributed by atoms with van der Waals surface area (Å²) >= 11 is 0. The molecule has 1 aliphatic carbocycles. The number of likely N-dealkylation sites (tertiary alicyclic amines) is 1. The Bertz CT molecular complexity index is 618.